The van der Waals surface area contributed by atoms with E-state index in [1.807, 2.05) is 11.8 Å². The lowest BCUT2D eigenvalue weighted by Gasteiger charge is -2.37. The lowest BCUT2D eigenvalue weighted by atomic mass is 9.91. The molecule has 2 heterocycles. The summed E-state index contributed by atoms with van der Waals surface area (Å²) in [5.74, 6) is 2.09. The van der Waals surface area contributed by atoms with Crippen molar-refractivity contribution >= 4 is 11.7 Å². The molecule has 5 nitrogen and oxygen atoms in total. The van der Waals surface area contributed by atoms with Crippen LogP contribution in [-0.4, -0.2) is 47.0 Å². The van der Waals surface area contributed by atoms with Crippen LogP contribution in [0.2, 0.25) is 0 Å². The Hall–Kier alpha value is -2.43. The van der Waals surface area contributed by atoms with Crippen LogP contribution in [0, 0.1) is 26.2 Å². The van der Waals surface area contributed by atoms with Gasteiger partial charge in [0.05, 0.1) is 0 Å². The summed E-state index contributed by atoms with van der Waals surface area (Å²) in [5, 5.41) is 0. The number of carbonyl (C=O) groups is 1. The summed E-state index contributed by atoms with van der Waals surface area (Å²) >= 11 is 0. The molecule has 5 heteroatoms. The fourth-order valence-electron chi connectivity index (χ4n) is 3.95. The van der Waals surface area contributed by atoms with E-state index in [0.717, 1.165) is 49.9 Å². The van der Waals surface area contributed by atoms with Gasteiger partial charge >= 0.3 is 0 Å². The van der Waals surface area contributed by atoms with E-state index < -0.39 is 0 Å². The molecule has 1 aliphatic heterocycles. The van der Waals surface area contributed by atoms with Gasteiger partial charge in [-0.3, -0.25) is 4.79 Å². The second-order valence-corrected chi connectivity index (χ2v) is 9.43. The van der Waals surface area contributed by atoms with Crippen molar-refractivity contribution in [3.05, 3.63) is 52.5 Å². The van der Waals surface area contributed by atoms with Crippen molar-refractivity contribution in [3.8, 4) is 0 Å². The van der Waals surface area contributed by atoms with Gasteiger partial charge in [-0.1, -0.05) is 50.6 Å². The summed E-state index contributed by atoms with van der Waals surface area (Å²) in [4.78, 5) is 26.4. The molecule has 0 saturated carbocycles. The van der Waals surface area contributed by atoms with Gasteiger partial charge in [0.15, 0.2) is 0 Å². The molecule has 3 rings (SSSR count). The summed E-state index contributed by atoms with van der Waals surface area (Å²) < 4.78 is 0. The molecule has 0 spiro atoms. The Balaban J connectivity index is 1.78. The number of aromatic nitrogens is 2. The molecule has 0 radical (unpaired) electrons. The number of piperazine rings is 1. The molecule has 156 valence electrons. The standard InChI is InChI=1S/C24H34N4O/c1-17-8-7-9-20(14-17)15-21-18(2)25-19(3)26-23(21)28-12-10-27(11-13-28)22(29)16-24(4,5)6/h7-9,14H,10-13,15-16H2,1-6H3. The van der Waals surface area contributed by atoms with Gasteiger partial charge in [-0.25, -0.2) is 9.97 Å². The second kappa shape index (κ2) is 8.52. The van der Waals surface area contributed by atoms with Crippen molar-refractivity contribution in [3.63, 3.8) is 0 Å². The Morgan fingerprint density at radius 3 is 2.34 bits per heavy atom. The smallest absolute Gasteiger partial charge is 0.223 e. The van der Waals surface area contributed by atoms with Crippen molar-refractivity contribution in [1.29, 1.82) is 0 Å². The van der Waals surface area contributed by atoms with Gasteiger partial charge in [0.25, 0.3) is 0 Å². The van der Waals surface area contributed by atoms with Crippen molar-refractivity contribution in [1.82, 2.24) is 14.9 Å². The first kappa shape index (κ1) is 21.3. The van der Waals surface area contributed by atoms with Crippen molar-refractivity contribution in [2.45, 2.75) is 54.4 Å². The molecule has 2 aromatic rings. The van der Waals surface area contributed by atoms with E-state index in [2.05, 4.69) is 68.8 Å². The molecule has 1 aromatic heterocycles. The summed E-state index contributed by atoms with van der Waals surface area (Å²) in [5.41, 5.74) is 4.80. The van der Waals surface area contributed by atoms with Gasteiger partial charge in [-0.2, -0.15) is 0 Å². The van der Waals surface area contributed by atoms with Crippen LogP contribution in [0.3, 0.4) is 0 Å². The number of rotatable bonds is 4. The van der Waals surface area contributed by atoms with E-state index in [9.17, 15) is 4.79 Å². The maximum Gasteiger partial charge on any atom is 0.223 e. The zero-order chi connectivity index (χ0) is 21.2. The van der Waals surface area contributed by atoms with E-state index >= 15 is 0 Å². The van der Waals surface area contributed by atoms with E-state index in [4.69, 9.17) is 4.98 Å². The lowest BCUT2D eigenvalue weighted by molar-refractivity contribution is -0.133. The molecule has 0 N–H and O–H groups in total. The number of hydrogen-bond acceptors (Lipinski definition) is 4. The Morgan fingerprint density at radius 2 is 1.72 bits per heavy atom. The molecule has 1 aliphatic rings. The normalized spacial score (nSPS) is 15.0. The molecular formula is C24H34N4O. The molecule has 0 bridgehead atoms. The molecule has 29 heavy (non-hydrogen) atoms. The van der Waals surface area contributed by atoms with E-state index in [1.54, 1.807) is 0 Å². The summed E-state index contributed by atoms with van der Waals surface area (Å²) in [6, 6.07) is 8.62. The number of anilines is 1. The van der Waals surface area contributed by atoms with Crippen LogP contribution in [-0.2, 0) is 11.2 Å². The van der Waals surface area contributed by atoms with Crippen LogP contribution in [0.25, 0.3) is 0 Å². The van der Waals surface area contributed by atoms with Gasteiger partial charge in [0.2, 0.25) is 5.91 Å². The highest BCUT2D eigenvalue weighted by atomic mass is 16.2. The topological polar surface area (TPSA) is 49.3 Å². The SMILES string of the molecule is Cc1cccc(Cc2c(C)nc(C)nc2N2CCN(C(=O)CC(C)(C)C)CC2)c1. The van der Waals surface area contributed by atoms with Crippen LogP contribution in [0.15, 0.2) is 24.3 Å². The highest BCUT2D eigenvalue weighted by Crippen LogP contribution is 2.26. The number of amides is 1. The maximum absolute atomic E-state index is 12.6. The molecule has 1 fully saturated rings. The monoisotopic (exact) mass is 394 g/mol. The maximum atomic E-state index is 12.6. The second-order valence-electron chi connectivity index (χ2n) is 9.43. The fraction of sp³-hybridized carbons (Fsp3) is 0.542. The molecule has 0 unspecified atom stereocenters. The first-order valence-corrected chi connectivity index (χ1v) is 10.5. The Labute approximate surface area is 175 Å². The third-order valence-corrected chi connectivity index (χ3v) is 5.38. The zero-order valence-electron chi connectivity index (χ0n) is 18.7. The van der Waals surface area contributed by atoms with Crippen LogP contribution in [0.5, 0.6) is 0 Å². The minimum Gasteiger partial charge on any atom is -0.353 e. The quantitative estimate of drug-likeness (QED) is 0.784. The average Bonchev–Trinajstić information content (AvgIpc) is 2.62. The van der Waals surface area contributed by atoms with Crippen LogP contribution in [0.1, 0.15) is 55.4 Å². The van der Waals surface area contributed by atoms with Gasteiger partial charge in [-0.05, 0) is 31.7 Å². The van der Waals surface area contributed by atoms with Gasteiger partial charge in [-0.15, -0.1) is 0 Å². The highest BCUT2D eigenvalue weighted by Gasteiger charge is 2.27. The molecule has 0 atom stereocenters. The van der Waals surface area contributed by atoms with Gasteiger partial charge in [0.1, 0.15) is 11.6 Å². The van der Waals surface area contributed by atoms with Crippen LogP contribution < -0.4 is 4.90 Å². The van der Waals surface area contributed by atoms with E-state index in [0.29, 0.717) is 6.42 Å². The minimum atomic E-state index is 0.0239. The van der Waals surface area contributed by atoms with Crippen molar-refractivity contribution in [2.24, 2.45) is 5.41 Å². The van der Waals surface area contributed by atoms with Crippen LogP contribution >= 0.6 is 0 Å². The average molecular weight is 395 g/mol. The number of hydrogen-bond donors (Lipinski definition) is 0. The number of nitrogens with zero attached hydrogens (tertiary/aromatic N) is 4. The lowest BCUT2D eigenvalue weighted by Crippen LogP contribution is -2.50. The molecule has 0 aliphatic carbocycles. The predicted octanol–water partition coefficient (Wildman–Crippen LogP) is 4.08. The Morgan fingerprint density at radius 1 is 1.03 bits per heavy atom. The molecule has 1 aromatic carbocycles. The van der Waals surface area contributed by atoms with E-state index in [-0.39, 0.29) is 11.3 Å². The first-order chi connectivity index (χ1) is 13.6. The Bertz CT molecular complexity index is 877. The zero-order valence-corrected chi connectivity index (χ0v) is 18.7. The number of carbonyl (C=O) groups excluding carboxylic acids is 1. The summed E-state index contributed by atoms with van der Waals surface area (Å²) in [6.45, 7) is 15.6. The summed E-state index contributed by atoms with van der Waals surface area (Å²) in [7, 11) is 0. The summed E-state index contributed by atoms with van der Waals surface area (Å²) in [6.07, 6.45) is 1.42. The highest BCUT2D eigenvalue weighted by molar-refractivity contribution is 5.77. The number of aryl methyl sites for hydroxylation is 3. The first-order valence-electron chi connectivity index (χ1n) is 10.5. The fourth-order valence-corrected chi connectivity index (χ4v) is 3.95. The Kier molecular flexibility index (Phi) is 6.25. The third-order valence-electron chi connectivity index (χ3n) is 5.38. The van der Waals surface area contributed by atoms with Crippen molar-refractivity contribution in [2.75, 3.05) is 31.1 Å². The van der Waals surface area contributed by atoms with Crippen molar-refractivity contribution < 1.29 is 4.79 Å². The van der Waals surface area contributed by atoms with Gasteiger partial charge < -0.3 is 9.80 Å². The third kappa shape index (κ3) is 5.55. The van der Waals surface area contributed by atoms with E-state index in [1.165, 1.54) is 16.7 Å². The van der Waals surface area contributed by atoms with Gasteiger partial charge in [0, 0.05) is 50.3 Å². The van der Waals surface area contributed by atoms with Crippen LogP contribution in [0.4, 0.5) is 5.82 Å². The number of benzene rings is 1. The molecule has 1 amide bonds. The predicted molar refractivity (Wildman–Crippen MR) is 118 cm³/mol. The minimum absolute atomic E-state index is 0.0239. The largest absolute Gasteiger partial charge is 0.353 e. The molecular weight excluding hydrogens is 360 g/mol. The molecule has 1 saturated heterocycles.